The molecule has 102 valence electrons. The monoisotopic (exact) mass is 321 g/mol. The second-order valence-corrected chi connectivity index (χ2v) is 5.84. The third kappa shape index (κ3) is 3.34. The second-order valence-electron chi connectivity index (χ2n) is 4.98. The molecule has 0 saturated heterocycles. The van der Waals surface area contributed by atoms with Crippen molar-refractivity contribution in [2.24, 2.45) is 5.92 Å². The van der Waals surface area contributed by atoms with Gasteiger partial charge >= 0.3 is 0 Å². The average molecular weight is 322 g/mol. The molecule has 2 rings (SSSR count). The number of aliphatic hydroxyl groups excluding tert-OH is 1. The number of nitrogens with zero attached hydrogens (tertiary/aromatic N) is 1. The van der Waals surface area contributed by atoms with Crippen molar-refractivity contribution in [2.75, 3.05) is 0 Å². The van der Waals surface area contributed by atoms with Crippen molar-refractivity contribution >= 4 is 26.8 Å². The summed E-state index contributed by atoms with van der Waals surface area (Å²) in [6, 6.07) is 10.0. The molecule has 1 aromatic heterocycles. The molecule has 0 amide bonds. The maximum absolute atomic E-state index is 10.4. The molecule has 1 N–H and O–H groups in total. The number of benzene rings is 1. The van der Waals surface area contributed by atoms with Crippen LogP contribution in [0.1, 0.15) is 44.9 Å². The Hall–Kier alpha value is -0.930. The molecule has 3 heteroatoms. The number of aromatic nitrogens is 1. The van der Waals surface area contributed by atoms with Gasteiger partial charge in [0.1, 0.15) is 0 Å². The zero-order valence-electron chi connectivity index (χ0n) is 11.4. The summed E-state index contributed by atoms with van der Waals surface area (Å²) in [6.45, 7) is 4.34. The van der Waals surface area contributed by atoms with Crippen LogP contribution in [0.3, 0.4) is 0 Å². The summed E-state index contributed by atoms with van der Waals surface area (Å²) in [6.07, 6.45) is 2.47. The summed E-state index contributed by atoms with van der Waals surface area (Å²) in [4.78, 5) is 4.60. The van der Waals surface area contributed by atoms with Gasteiger partial charge in [0.25, 0.3) is 0 Å². The van der Waals surface area contributed by atoms with Crippen molar-refractivity contribution in [1.82, 2.24) is 4.98 Å². The van der Waals surface area contributed by atoms with Crippen LogP contribution < -0.4 is 0 Å². The van der Waals surface area contributed by atoms with E-state index in [1.165, 1.54) is 0 Å². The number of aliphatic hydroxyl groups is 1. The maximum atomic E-state index is 10.4. The highest BCUT2D eigenvalue weighted by Crippen LogP contribution is 2.30. The van der Waals surface area contributed by atoms with Gasteiger partial charge in [0, 0.05) is 9.86 Å². The van der Waals surface area contributed by atoms with Gasteiger partial charge in [-0.1, -0.05) is 44.9 Å². The van der Waals surface area contributed by atoms with Crippen LogP contribution in [0.4, 0.5) is 0 Å². The Labute approximate surface area is 123 Å². The van der Waals surface area contributed by atoms with E-state index in [0.29, 0.717) is 5.92 Å². The first kappa shape index (κ1) is 14.5. The van der Waals surface area contributed by atoms with Crippen LogP contribution in [-0.4, -0.2) is 10.1 Å². The van der Waals surface area contributed by atoms with Crippen molar-refractivity contribution in [3.05, 3.63) is 40.5 Å². The summed E-state index contributed by atoms with van der Waals surface area (Å²) in [7, 11) is 0. The van der Waals surface area contributed by atoms with Gasteiger partial charge in [0.15, 0.2) is 0 Å². The van der Waals surface area contributed by atoms with Crippen LogP contribution in [0.2, 0.25) is 0 Å². The van der Waals surface area contributed by atoms with Gasteiger partial charge in [-0.3, -0.25) is 0 Å². The lowest BCUT2D eigenvalue weighted by molar-refractivity contribution is 0.136. The molecule has 19 heavy (non-hydrogen) atoms. The van der Waals surface area contributed by atoms with Gasteiger partial charge in [0.2, 0.25) is 0 Å². The summed E-state index contributed by atoms with van der Waals surface area (Å²) in [5, 5.41) is 11.5. The molecule has 0 aliphatic carbocycles. The van der Waals surface area contributed by atoms with Gasteiger partial charge in [-0.15, -0.1) is 0 Å². The molecule has 0 aliphatic rings. The first-order chi connectivity index (χ1) is 9.15. The molecule has 2 aromatic rings. The number of pyridine rings is 1. The van der Waals surface area contributed by atoms with Gasteiger partial charge in [0.05, 0.1) is 17.3 Å². The summed E-state index contributed by atoms with van der Waals surface area (Å²) >= 11 is 3.53. The Kier molecular flexibility index (Phi) is 4.94. The Bertz CT molecular complexity index is 551. The maximum Gasteiger partial charge on any atom is 0.0974 e. The number of rotatable bonds is 5. The Balaban J connectivity index is 2.30. The Morgan fingerprint density at radius 1 is 1.21 bits per heavy atom. The lowest BCUT2D eigenvalue weighted by atomic mass is 9.94. The van der Waals surface area contributed by atoms with Crippen molar-refractivity contribution in [3.63, 3.8) is 0 Å². The van der Waals surface area contributed by atoms with Crippen molar-refractivity contribution in [2.45, 2.75) is 39.2 Å². The zero-order valence-corrected chi connectivity index (χ0v) is 13.0. The number of hydrogen-bond donors (Lipinski definition) is 1. The van der Waals surface area contributed by atoms with E-state index in [-0.39, 0.29) is 0 Å². The fourth-order valence-electron chi connectivity index (χ4n) is 2.39. The van der Waals surface area contributed by atoms with E-state index < -0.39 is 6.10 Å². The molecule has 1 heterocycles. The lowest BCUT2D eigenvalue weighted by Crippen LogP contribution is -2.08. The lowest BCUT2D eigenvalue weighted by Gasteiger charge is -2.18. The molecule has 0 saturated carbocycles. The van der Waals surface area contributed by atoms with Gasteiger partial charge in [-0.25, -0.2) is 4.98 Å². The number of hydrogen-bond acceptors (Lipinski definition) is 2. The van der Waals surface area contributed by atoms with Gasteiger partial charge in [-0.2, -0.15) is 0 Å². The van der Waals surface area contributed by atoms with Crippen LogP contribution in [0.5, 0.6) is 0 Å². The van der Waals surface area contributed by atoms with E-state index in [1.54, 1.807) is 0 Å². The highest BCUT2D eigenvalue weighted by atomic mass is 79.9. The SMILES string of the molecule is CCC(CC)CC(O)c1nc2ccccc2cc1Br. The fourth-order valence-corrected chi connectivity index (χ4v) is 2.99. The van der Waals surface area contributed by atoms with E-state index >= 15 is 0 Å². The number of halogens is 1. The minimum atomic E-state index is -0.496. The predicted molar refractivity (Wildman–Crippen MR) is 83.1 cm³/mol. The molecule has 0 spiro atoms. The van der Waals surface area contributed by atoms with Crippen LogP contribution >= 0.6 is 15.9 Å². The molecular weight excluding hydrogens is 302 g/mol. The molecule has 2 nitrogen and oxygen atoms in total. The topological polar surface area (TPSA) is 33.1 Å². The van der Waals surface area contributed by atoms with E-state index in [0.717, 1.165) is 40.3 Å². The zero-order chi connectivity index (χ0) is 13.8. The minimum Gasteiger partial charge on any atom is -0.387 e. The van der Waals surface area contributed by atoms with E-state index in [2.05, 4.69) is 34.8 Å². The van der Waals surface area contributed by atoms with Crippen LogP contribution in [0.25, 0.3) is 10.9 Å². The van der Waals surface area contributed by atoms with Crippen molar-refractivity contribution in [1.29, 1.82) is 0 Å². The van der Waals surface area contributed by atoms with E-state index in [1.807, 2.05) is 30.3 Å². The molecule has 0 aliphatic heterocycles. The van der Waals surface area contributed by atoms with Crippen LogP contribution in [0, 0.1) is 5.92 Å². The van der Waals surface area contributed by atoms with Crippen LogP contribution in [0.15, 0.2) is 34.8 Å². The average Bonchev–Trinajstić information content (AvgIpc) is 2.43. The third-order valence-electron chi connectivity index (χ3n) is 3.73. The van der Waals surface area contributed by atoms with Crippen LogP contribution in [-0.2, 0) is 0 Å². The Morgan fingerprint density at radius 3 is 2.58 bits per heavy atom. The molecule has 0 bridgehead atoms. The van der Waals surface area contributed by atoms with E-state index in [4.69, 9.17) is 0 Å². The molecule has 1 aromatic carbocycles. The smallest absolute Gasteiger partial charge is 0.0974 e. The quantitative estimate of drug-likeness (QED) is 0.853. The van der Waals surface area contributed by atoms with E-state index in [9.17, 15) is 5.11 Å². The van der Waals surface area contributed by atoms with Gasteiger partial charge < -0.3 is 5.11 Å². The number of para-hydroxylation sites is 1. The normalized spacial score (nSPS) is 13.1. The van der Waals surface area contributed by atoms with Crippen molar-refractivity contribution < 1.29 is 5.11 Å². The first-order valence-corrected chi connectivity index (χ1v) is 7.68. The predicted octanol–water partition coefficient (Wildman–Crippen LogP) is 4.86. The minimum absolute atomic E-state index is 0.496. The second kappa shape index (κ2) is 6.49. The largest absolute Gasteiger partial charge is 0.387 e. The first-order valence-electron chi connectivity index (χ1n) is 6.88. The standard InChI is InChI=1S/C16H20BrNO/c1-3-11(4-2)9-15(19)16-13(17)10-12-7-5-6-8-14(12)18-16/h5-8,10-11,15,19H,3-4,9H2,1-2H3. The molecule has 0 fully saturated rings. The summed E-state index contributed by atoms with van der Waals surface area (Å²) in [5.74, 6) is 0.551. The highest BCUT2D eigenvalue weighted by molar-refractivity contribution is 9.10. The molecule has 0 radical (unpaired) electrons. The Morgan fingerprint density at radius 2 is 1.89 bits per heavy atom. The van der Waals surface area contributed by atoms with Gasteiger partial charge in [-0.05, 0) is 40.4 Å². The highest BCUT2D eigenvalue weighted by Gasteiger charge is 2.17. The number of fused-ring (bicyclic) bond motifs is 1. The summed E-state index contributed by atoms with van der Waals surface area (Å²) in [5.41, 5.74) is 1.69. The third-order valence-corrected chi connectivity index (χ3v) is 4.37. The molecule has 1 atom stereocenters. The molecule has 1 unspecified atom stereocenters. The fraction of sp³-hybridized carbons (Fsp3) is 0.438. The van der Waals surface area contributed by atoms with Crippen molar-refractivity contribution in [3.8, 4) is 0 Å². The summed E-state index contributed by atoms with van der Waals surface area (Å²) < 4.78 is 0.893. The molecular formula is C16H20BrNO.